The van der Waals surface area contributed by atoms with Crippen LogP contribution in [0.25, 0.3) is 0 Å². The van der Waals surface area contributed by atoms with Crippen molar-refractivity contribution in [2.24, 2.45) is 0 Å². The molecule has 0 fully saturated rings. The highest BCUT2D eigenvalue weighted by Gasteiger charge is 2.33. The molecule has 0 radical (unpaired) electrons. The molecule has 0 aromatic rings. The minimum atomic E-state index is -0.575. The third kappa shape index (κ3) is 9.89. The van der Waals surface area contributed by atoms with Gasteiger partial charge in [0.2, 0.25) is 0 Å². The van der Waals surface area contributed by atoms with Crippen LogP contribution in [0, 0.1) is 0 Å². The van der Waals surface area contributed by atoms with Gasteiger partial charge in [0.05, 0.1) is 24.6 Å². The first-order chi connectivity index (χ1) is 9.24. The molecule has 0 amide bonds. The molecule has 0 bridgehead atoms. The van der Waals surface area contributed by atoms with Crippen LogP contribution in [-0.2, 0) is 0 Å². The van der Waals surface area contributed by atoms with E-state index in [1.807, 2.05) is 0 Å². The third-order valence-electron chi connectivity index (χ3n) is 4.37. The van der Waals surface area contributed by atoms with Gasteiger partial charge in [0, 0.05) is 7.26 Å². The van der Waals surface area contributed by atoms with Gasteiger partial charge in [-0.2, -0.15) is 0 Å². The van der Waals surface area contributed by atoms with Crippen LogP contribution < -0.4 is 0 Å². The molecular weight excluding hydrogens is 247 g/mol. The minimum Gasteiger partial charge on any atom is -0.0654 e. The van der Waals surface area contributed by atoms with Gasteiger partial charge in [-0.1, -0.05) is 59.8 Å². The van der Waals surface area contributed by atoms with E-state index in [0.29, 0.717) is 0 Å². The van der Waals surface area contributed by atoms with Gasteiger partial charge in [-0.3, -0.25) is 0 Å². The van der Waals surface area contributed by atoms with Crippen molar-refractivity contribution in [3.63, 3.8) is 0 Å². The van der Waals surface area contributed by atoms with Crippen LogP contribution in [0.2, 0.25) is 0 Å². The average Bonchev–Trinajstić information content (AvgIpc) is 2.39. The van der Waals surface area contributed by atoms with Gasteiger partial charge >= 0.3 is 0 Å². The predicted octanol–water partition coefficient (Wildman–Crippen LogP) is 6.98. The molecule has 0 aromatic heterocycles. The molecule has 0 aliphatic heterocycles. The minimum absolute atomic E-state index is 0.575. The molecule has 0 spiro atoms. The molecule has 0 saturated heterocycles. The Morgan fingerprint density at radius 3 is 1.32 bits per heavy atom. The second kappa shape index (κ2) is 13.4. The zero-order valence-corrected chi connectivity index (χ0v) is 15.2. The molecule has 0 heterocycles. The summed E-state index contributed by atoms with van der Waals surface area (Å²) < 4.78 is 0. The molecule has 0 rings (SSSR count). The normalized spacial score (nSPS) is 12.0. The van der Waals surface area contributed by atoms with Crippen molar-refractivity contribution in [2.75, 3.05) is 24.6 Å². The molecule has 0 atom stereocenters. The highest BCUT2D eigenvalue weighted by Crippen LogP contribution is 2.61. The van der Waals surface area contributed by atoms with Crippen LogP contribution in [0.3, 0.4) is 0 Å². The maximum atomic E-state index is 2.40. The quantitative estimate of drug-likeness (QED) is 0.239. The summed E-state index contributed by atoms with van der Waals surface area (Å²) in [6, 6.07) is 0. The molecule has 0 unspecified atom stereocenters. The first kappa shape index (κ1) is 19.4. The zero-order chi connectivity index (χ0) is 14.4. The second-order valence-electron chi connectivity index (χ2n) is 6.36. The summed E-state index contributed by atoms with van der Waals surface area (Å²) in [6.45, 7) is 9.46. The van der Waals surface area contributed by atoms with E-state index in [9.17, 15) is 0 Å². The lowest BCUT2D eigenvalue weighted by atomic mass is 10.2. The number of hydrogen-bond donors (Lipinski definition) is 0. The van der Waals surface area contributed by atoms with Gasteiger partial charge in [0.25, 0.3) is 0 Å². The Hall–Kier alpha value is 0.430. The molecule has 0 aliphatic carbocycles. The van der Waals surface area contributed by atoms with E-state index in [0.717, 1.165) is 0 Å². The lowest BCUT2D eigenvalue weighted by Gasteiger charge is -2.27. The van der Waals surface area contributed by atoms with Crippen molar-refractivity contribution >= 4 is 7.26 Å². The molecule has 0 N–H and O–H groups in total. The van der Waals surface area contributed by atoms with E-state index in [-0.39, 0.29) is 0 Å². The SMILES string of the molecule is CCCCCCC[P+](CCC)(CCC)CCCCC. The van der Waals surface area contributed by atoms with Crippen LogP contribution >= 0.6 is 7.26 Å². The second-order valence-corrected chi connectivity index (χ2v) is 10.8. The Kier molecular flexibility index (Phi) is 13.7. The van der Waals surface area contributed by atoms with Crippen LogP contribution in [-0.4, -0.2) is 24.6 Å². The van der Waals surface area contributed by atoms with E-state index in [1.54, 1.807) is 24.6 Å². The van der Waals surface area contributed by atoms with E-state index in [4.69, 9.17) is 0 Å². The molecule has 0 nitrogen and oxygen atoms in total. The number of rotatable bonds is 14. The smallest absolute Gasteiger partial charge is 0.0594 e. The monoisotopic (exact) mass is 287 g/mol. The third-order valence-corrected chi connectivity index (χ3v) is 9.69. The van der Waals surface area contributed by atoms with E-state index in [1.165, 1.54) is 64.2 Å². The lowest BCUT2D eigenvalue weighted by Crippen LogP contribution is -2.12. The molecule has 19 heavy (non-hydrogen) atoms. The van der Waals surface area contributed by atoms with Gasteiger partial charge in [-0.05, 0) is 32.1 Å². The van der Waals surface area contributed by atoms with Gasteiger partial charge in [-0.15, -0.1) is 0 Å². The summed E-state index contributed by atoms with van der Waals surface area (Å²) in [7, 11) is -0.575. The Balaban J connectivity index is 4.18. The molecule has 116 valence electrons. The van der Waals surface area contributed by atoms with Crippen molar-refractivity contribution in [3.05, 3.63) is 0 Å². The van der Waals surface area contributed by atoms with Crippen LogP contribution in [0.5, 0.6) is 0 Å². The summed E-state index contributed by atoms with van der Waals surface area (Å²) in [6.07, 6.45) is 20.9. The van der Waals surface area contributed by atoms with Crippen molar-refractivity contribution in [1.82, 2.24) is 0 Å². The van der Waals surface area contributed by atoms with Crippen molar-refractivity contribution in [1.29, 1.82) is 0 Å². The summed E-state index contributed by atoms with van der Waals surface area (Å²) >= 11 is 0. The molecular formula is C18H40P+. The Morgan fingerprint density at radius 1 is 0.421 bits per heavy atom. The van der Waals surface area contributed by atoms with Gasteiger partial charge in [0.1, 0.15) is 0 Å². The van der Waals surface area contributed by atoms with E-state index >= 15 is 0 Å². The zero-order valence-electron chi connectivity index (χ0n) is 14.3. The van der Waals surface area contributed by atoms with Crippen LogP contribution in [0.1, 0.15) is 91.9 Å². The van der Waals surface area contributed by atoms with Crippen LogP contribution in [0.4, 0.5) is 0 Å². The molecule has 1 heteroatoms. The Morgan fingerprint density at radius 2 is 0.842 bits per heavy atom. The van der Waals surface area contributed by atoms with Crippen molar-refractivity contribution in [3.8, 4) is 0 Å². The fraction of sp³-hybridized carbons (Fsp3) is 1.00. The fourth-order valence-electron chi connectivity index (χ4n) is 3.37. The molecule has 0 aromatic carbocycles. The first-order valence-corrected chi connectivity index (χ1v) is 11.6. The largest absolute Gasteiger partial charge is 0.0654 e. The topological polar surface area (TPSA) is 0 Å². The maximum absolute atomic E-state index is 2.40. The first-order valence-electron chi connectivity index (χ1n) is 9.09. The highest BCUT2D eigenvalue weighted by atomic mass is 31.2. The number of unbranched alkanes of at least 4 members (excludes halogenated alkanes) is 6. The van der Waals surface area contributed by atoms with Gasteiger partial charge < -0.3 is 0 Å². The molecule has 0 saturated carbocycles. The standard InChI is InChI=1S/C18H40P/c1-5-9-11-12-14-18-19(15-7-3,16-8-4)17-13-10-6-2/h5-18H2,1-4H3/q+1. The fourth-order valence-corrected chi connectivity index (χ4v) is 8.40. The van der Waals surface area contributed by atoms with E-state index < -0.39 is 7.26 Å². The highest BCUT2D eigenvalue weighted by molar-refractivity contribution is 7.75. The van der Waals surface area contributed by atoms with E-state index in [2.05, 4.69) is 27.7 Å². The molecule has 0 aliphatic rings. The number of hydrogen-bond acceptors (Lipinski definition) is 0. The van der Waals surface area contributed by atoms with Crippen molar-refractivity contribution < 1.29 is 0 Å². The van der Waals surface area contributed by atoms with Gasteiger partial charge in [0.15, 0.2) is 0 Å². The Labute approximate surface area is 124 Å². The van der Waals surface area contributed by atoms with Crippen LogP contribution in [0.15, 0.2) is 0 Å². The average molecular weight is 287 g/mol. The maximum Gasteiger partial charge on any atom is 0.0594 e. The Bertz CT molecular complexity index is 171. The predicted molar refractivity (Wildman–Crippen MR) is 95.3 cm³/mol. The summed E-state index contributed by atoms with van der Waals surface area (Å²) in [5.41, 5.74) is 0. The van der Waals surface area contributed by atoms with Gasteiger partial charge in [-0.25, -0.2) is 0 Å². The summed E-state index contributed by atoms with van der Waals surface area (Å²) in [4.78, 5) is 0. The summed E-state index contributed by atoms with van der Waals surface area (Å²) in [5.74, 6) is 0. The lowest BCUT2D eigenvalue weighted by molar-refractivity contribution is 0.656. The summed E-state index contributed by atoms with van der Waals surface area (Å²) in [5, 5.41) is 0. The van der Waals surface area contributed by atoms with Crippen molar-refractivity contribution in [2.45, 2.75) is 91.9 Å².